The number of nitrogens with one attached hydrogen (secondary N) is 1. The Balaban J connectivity index is 1.46. The van der Waals surface area contributed by atoms with Gasteiger partial charge in [0.1, 0.15) is 0 Å². The number of carbonyl (C=O) groups is 2. The van der Waals surface area contributed by atoms with Crippen molar-refractivity contribution in [1.29, 1.82) is 0 Å². The number of piperidine rings is 1. The Labute approximate surface area is 168 Å². The zero-order valence-corrected chi connectivity index (χ0v) is 17.0. The van der Waals surface area contributed by atoms with Crippen molar-refractivity contribution in [1.82, 2.24) is 15.1 Å². The van der Waals surface area contributed by atoms with E-state index in [9.17, 15) is 9.59 Å². The molecule has 2 aliphatic heterocycles. The number of benzene rings is 1. The van der Waals surface area contributed by atoms with Gasteiger partial charge in [-0.1, -0.05) is 30.7 Å². The van der Waals surface area contributed by atoms with Crippen LogP contribution in [-0.4, -0.2) is 60.5 Å². The third-order valence-electron chi connectivity index (χ3n) is 5.84. The third-order valence-corrected chi connectivity index (χ3v) is 5.84. The van der Waals surface area contributed by atoms with E-state index in [2.05, 4.69) is 35.3 Å². The fourth-order valence-electron chi connectivity index (χ4n) is 3.97. The highest BCUT2D eigenvalue weighted by molar-refractivity contribution is 5.83. The van der Waals surface area contributed by atoms with Gasteiger partial charge in [-0.2, -0.15) is 0 Å². The van der Waals surface area contributed by atoms with Crippen LogP contribution in [0.15, 0.2) is 24.3 Å². The molecule has 3 rings (SSSR count). The van der Waals surface area contributed by atoms with Gasteiger partial charge in [-0.15, -0.1) is 0 Å². The molecule has 0 aromatic heterocycles. The summed E-state index contributed by atoms with van der Waals surface area (Å²) in [7, 11) is 0. The quantitative estimate of drug-likeness (QED) is 0.780. The van der Waals surface area contributed by atoms with Crippen molar-refractivity contribution in [2.45, 2.75) is 58.2 Å². The maximum atomic E-state index is 12.2. The van der Waals surface area contributed by atoms with Crippen molar-refractivity contribution in [2.75, 3.05) is 32.8 Å². The van der Waals surface area contributed by atoms with Gasteiger partial charge < -0.3 is 15.0 Å². The Kier molecular flexibility index (Phi) is 7.86. The van der Waals surface area contributed by atoms with Crippen molar-refractivity contribution >= 4 is 11.8 Å². The molecule has 1 aromatic carbocycles. The van der Waals surface area contributed by atoms with Crippen molar-refractivity contribution in [3.63, 3.8) is 0 Å². The van der Waals surface area contributed by atoms with Crippen LogP contribution in [0.4, 0.5) is 0 Å². The fourth-order valence-corrected chi connectivity index (χ4v) is 3.97. The molecule has 2 heterocycles. The minimum Gasteiger partial charge on any atom is -0.378 e. The number of nitrogens with zero attached hydrogens (tertiary/aromatic N) is 2. The van der Waals surface area contributed by atoms with Gasteiger partial charge in [-0.25, -0.2) is 0 Å². The van der Waals surface area contributed by atoms with Gasteiger partial charge in [0.25, 0.3) is 0 Å². The van der Waals surface area contributed by atoms with Crippen LogP contribution < -0.4 is 5.32 Å². The second-order valence-electron chi connectivity index (χ2n) is 7.85. The van der Waals surface area contributed by atoms with Gasteiger partial charge in [0, 0.05) is 45.1 Å². The van der Waals surface area contributed by atoms with Gasteiger partial charge in [0.05, 0.1) is 13.2 Å². The lowest BCUT2D eigenvalue weighted by Gasteiger charge is -2.33. The van der Waals surface area contributed by atoms with Crippen LogP contribution in [0.1, 0.15) is 50.2 Å². The second-order valence-corrected chi connectivity index (χ2v) is 7.85. The van der Waals surface area contributed by atoms with E-state index in [0.717, 1.165) is 18.7 Å². The Morgan fingerprint density at radius 2 is 1.82 bits per heavy atom. The molecule has 0 radical (unpaired) electrons. The molecule has 6 heteroatoms. The summed E-state index contributed by atoms with van der Waals surface area (Å²) >= 11 is 0. The van der Waals surface area contributed by atoms with Crippen molar-refractivity contribution in [3.8, 4) is 0 Å². The van der Waals surface area contributed by atoms with Crippen LogP contribution >= 0.6 is 0 Å². The van der Waals surface area contributed by atoms with E-state index in [4.69, 9.17) is 4.74 Å². The number of hydrogen-bond donors (Lipinski definition) is 1. The topological polar surface area (TPSA) is 61.9 Å². The normalized spacial score (nSPS) is 20.8. The van der Waals surface area contributed by atoms with Crippen molar-refractivity contribution < 1.29 is 14.3 Å². The highest BCUT2D eigenvalue weighted by Crippen LogP contribution is 2.20. The molecule has 1 unspecified atom stereocenters. The van der Waals surface area contributed by atoms with Gasteiger partial charge >= 0.3 is 0 Å². The van der Waals surface area contributed by atoms with E-state index in [-0.39, 0.29) is 24.7 Å². The lowest BCUT2D eigenvalue weighted by Crippen LogP contribution is -2.41. The summed E-state index contributed by atoms with van der Waals surface area (Å²) in [6.45, 7) is 7.33. The molecule has 1 atom stereocenters. The zero-order valence-electron chi connectivity index (χ0n) is 17.0. The molecule has 1 aromatic rings. The van der Waals surface area contributed by atoms with E-state index >= 15 is 0 Å². The van der Waals surface area contributed by atoms with E-state index in [0.29, 0.717) is 38.9 Å². The maximum absolute atomic E-state index is 12.2. The first-order valence-corrected chi connectivity index (χ1v) is 10.6. The molecule has 0 aliphatic carbocycles. The number of amides is 2. The molecular formula is C22H33N3O3. The summed E-state index contributed by atoms with van der Waals surface area (Å²) in [5.41, 5.74) is 2.44. The molecule has 6 nitrogen and oxygen atoms in total. The van der Waals surface area contributed by atoms with E-state index < -0.39 is 0 Å². The zero-order chi connectivity index (χ0) is 19.8. The first kappa shape index (κ1) is 20.8. The van der Waals surface area contributed by atoms with Gasteiger partial charge in [0.2, 0.25) is 11.8 Å². The van der Waals surface area contributed by atoms with Crippen molar-refractivity contribution in [2.24, 2.45) is 0 Å². The minimum absolute atomic E-state index is 0.0398. The third kappa shape index (κ3) is 6.04. The summed E-state index contributed by atoms with van der Waals surface area (Å²) in [6, 6.07) is 8.94. The smallest absolute Gasteiger partial charge is 0.223 e. The molecule has 0 bridgehead atoms. The predicted molar refractivity (Wildman–Crippen MR) is 109 cm³/mol. The molecule has 2 fully saturated rings. The first-order chi connectivity index (χ1) is 13.6. The first-order valence-electron chi connectivity index (χ1n) is 10.6. The van der Waals surface area contributed by atoms with Crippen LogP contribution in [0.5, 0.6) is 0 Å². The number of likely N-dealkylation sites (tertiary alicyclic amines) is 1. The van der Waals surface area contributed by atoms with Crippen LogP contribution in [0.25, 0.3) is 0 Å². The Morgan fingerprint density at radius 3 is 2.57 bits per heavy atom. The lowest BCUT2D eigenvalue weighted by molar-refractivity contribution is -0.137. The molecular weight excluding hydrogens is 354 g/mol. The Morgan fingerprint density at radius 1 is 1.07 bits per heavy atom. The fraction of sp³-hybridized carbons (Fsp3) is 0.636. The Bertz CT molecular complexity index is 658. The minimum atomic E-state index is -0.0669. The Hall–Kier alpha value is -1.92. The lowest BCUT2D eigenvalue weighted by atomic mass is 10.0. The van der Waals surface area contributed by atoms with E-state index in [1.807, 2.05) is 6.07 Å². The van der Waals surface area contributed by atoms with E-state index in [1.54, 1.807) is 4.90 Å². The van der Waals surface area contributed by atoms with Crippen LogP contribution in [0, 0.1) is 0 Å². The van der Waals surface area contributed by atoms with Crippen LogP contribution in [-0.2, 0) is 27.4 Å². The molecule has 2 aliphatic rings. The van der Waals surface area contributed by atoms with E-state index in [1.165, 1.54) is 24.8 Å². The van der Waals surface area contributed by atoms with Crippen LogP contribution in [0.3, 0.4) is 0 Å². The van der Waals surface area contributed by atoms with Crippen LogP contribution in [0.2, 0.25) is 0 Å². The molecule has 28 heavy (non-hydrogen) atoms. The molecule has 154 valence electrons. The molecule has 1 N–H and O–H groups in total. The summed E-state index contributed by atoms with van der Waals surface area (Å²) in [5, 5.41) is 2.99. The number of rotatable bonds is 7. The summed E-state index contributed by atoms with van der Waals surface area (Å²) in [6.07, 6.45) is 4.34. The number of hydrogen-bond acceptors (Lipinski definition) is 4. The SMILES string of the molecule is CC1CCCCN1Cc1ccccc1CNC(=O)CCC(=O)N1CCOCC1. The van der Waals surface area contributed by atoms with Crippen molar-refractivity contribution in [3.05, 3.63) is 35.4 Å². The predicted octanol–water partition coefficient (Wildman–Crippen LogP) is 2.32. The highest BCUT2D eigenvalue weighted by atomic mass is 16.5. The monoisotopic (exact) mass is 387 g/mol. The molecule has 2 saturated heterocycles. The molecule has 2 amide bonds. The number of morpholine rings is 1. The summed E-state index contributed by atoms with van der Waals surface area (Å²) < 4.78 is 5.26. The summed E-state index contributed by atoms with van der Waals surface area (Å²) in [5.74, 6) is -0.0271. The number of ether oxygens (including phenoxy) is 1. The van der Waals surface area contributed by atoms with Gasteiger partial charge in [0.15, 0.2) is 0 Å². The molecule has 0 spiro atoms. The maximum Gasteiger partial charge on any atom is 0.223 e. The summed E-state index contributed by atoms with van der Waals surface area (Å²) in [4.78, 5) is 28.7. The molecule has 0 saturated carbocycles. The largest absolute Gasteiger partial charge is 0.378 e. The highest BCUT2D eigenvalue weighted by Gasteiger charge is 2.20. The second kappa shape index (κ2) is 10.6. The van der Waals surface area contributed by atoms with Gasteiger partial charge in [-0.3, -0.25) is 14.5 Å². The number of carbonyl (C=O) groups excluding carboxylic acids is 2. The average molecular weight is 388 g/mol. The standard InChI is InChI=1S/C22H33N3O3/c1-18-6-4-5-11-25(18)17-20-8-3-2-7-19(20)16-23-21(26)9-10-22(27)24-12-14-28-15-13-24/h2-3,7-8,18H,4-6,9-17H2,1H3,(H,23,26). The van der Waals surface area contributed by atoms with Gasteiger partial charge in [-0.05, 0) is 37.4 Å². The average Bonchev–Trinajstić information content (AvgIpc) is 2.73.